The molecule has 0 radical (unpaired) electrons. The van der Waals surface area contributed by atoms with Crippen molar-refractivity contribution in [2.45, 2.75) is 34.2 Å². The second-order valence-electron chi connectivity index (χ2n) is 5.88. The minimum Gasteiger partial charge on any atom is -0.345 e. The van der Waals surface area contributed by atoms with E-state index < -0.39 is 0 Å². The van der Waals surface area contributed by atoms with Crippen molar-refractivity contribution in [3.05, 3.63) is 46.5 Å². The largest absolute Gasteiger partial charge is 0.345 e. The van der Waals surface area contributed by atoms with E-state index in [0.29, 0.717) is 13.1 Å². The Morgan fingerprint density at radius 1 is 1.23 bits per heavy atom. The molecule has 2 rings (SSSR count). The molecule has 1 aromatic carbocycles. The van der Waals surface area contributed by atoms with E-state index in [2.05, 4.69) is 15.3 Å². The molecule has 0 spiro atoms. The molecule has 22 heavy (non-hydrogen) atoms. The maximum Gasteiger partial charge on any atom is 0.238 e. The number of nitrogens with zero attached hydrogens (tertiary/aromatic N) is 2. The number of carbonyl (C=O) groups is 1. The molecule has 5 nitrogen and oxygen atoms in total. The first-order valence-corrected chi connectivity index (χ1v) is 7.43. The topological polar surface area (TPSA) is 61.0 Å². The van der Waals surface area contributed by atoms with Crippen LogP contribution in [0.3, 0.4) is 0 Å². The van der Waals surface area contributed by atoms with Gasteiger partial charge in [0.1, 0.15) is 5.82 Å². The standard InChI is InChI=1S/C17H24N4O/c1-11-7-6-8-12(2)17(11)20-16(22)10-21(5)9-15-18-13(3)14(4)19-15/h6-8H,9-10H2,1-5H3,(H,18,19)(H,20,22). The summed E-state index contributed by atoms with van der Waals surface area (Å²) < 4.78 is 0. The van der Waals surface area contributed by atoms with Crippen LogP contribution in [0.2, 0.25) is 0 Å². The molecule has 0 bridgehead atoms. The Labute approximate surface area is 131 Å². The monoisotopic (exact) mass is 300 g/mol. The van der Waals surface area contributed by atoms with Crippen LogP contribution in [-0.4, -0.2) is 34.4 Å². The summed E-state index contributed by atoms with van der Waals surface area (Å²) in [6, 6.07) is 6.00. The number of nitrogens with one attached hydrogen (secondary N) is 2. The Hall–Kier alpha value is -2.14. The number of para-hydroxylation sites is 1. The summed E-state index contributed by atoms with van der Waals surface area (Å²) in [4.78, 5) is 21.8. The molecule has 0 aliphatic rings. The fourth-order valence-corrected chi connectivity index (χ4v) is 2.44. The summed E-state index contributed by atoms with van der Waals surface area (Å²) >= 11 is 0. The number of imidazole rings is 1. The smallest absolute Gasteiger partial charge is 0.238 e. The summed E-state index contributed by atoms with van der Waals surface area (Å²) in [7, 11) is 1.91. The fourth-order valence-electron chi connectivity index (χ4n) is 2.44. The second kappa shape index (κ2) is 6.75. The van der Waals surface area contributed by atoms with Gasteiger partial charge < -0.3 is 10.3 Å². The first-order valence-electron chi connectivity index (χ1n) is 7.43. The van der Waals surface area contributed by atoms with E-state index in [0.717, 1.165) is 34.0 Å². The van der Waals surface area contributed by atoms with Crippen molar-refractivity contribution in [3.8, 4) is 0 Å². The van der Waals surface area contributed by atoms with Crippen LogP contribution >= 0.6 is 0 Å². The number of H-pyrrole nitrogens is 1. The second-order valence-corrected chi connectivity index (χ2v) is 5.88. The minimum atomic E-state index is -0.0140. The number of aromatic amines is 1. The minimum absolute atomic E-state index is 0.0140. The average molecular weight is 300 g/mol. The Bertz CT molecular complexity index is 636. The zero-order chi connectivity index (χ0) is 16.3. The van der Waals surface area contributed by atoms with Gasteiger partial charge in [0.15, 0.2) is 0 Å². The van der Waals surface area contributed by atoms with Crippen LogP contribution in [0.25, 0.3) is 0 Å². The highest BCUT2D eigenvalue weighted by Gasteiger charge is 2.12. The lowest BCUT2D eigenvalue weighted by atomic mass is 10.1. The summed E-state index contributed by atoms with van der Waals surface area (Å²) in [6.07, 6.45) is 0. The van der Waals surface area contributed by atoms with Crippen molar-refractivity contribution in [1.29, 1.82) is 0 Å². The lowest BCUT2D eigenvalue weighted by molar-refractivity contribution is -0.117. The number of aryl methyl sites for hydroxylation is 4. The predicted octanol–water partition coefficient (Wildman–Crippen LogP) is 2.71. The number of hydrogen-bond acceptors (Lipinski definition) is 3. The third kappa shape index (κ3) is 3.95. The van der Waals surface area contributed by atoms with Crippen LogP contribution in [0.15, 0.2) is 18.2 Å². The number of anilines is 1. The summed E-state index contributed by atoms with van der Waals surface area (Å²) in [5, 5.41) is 3.00. The third-order valence-corrected chi connectivity index (χ3v) is 3.76. The molecule has 0 atom stereocenters. The van der Waals surface area contributed by atoms with E-state index >= 15 is 0 Å². The number of carbonyl (C=O) groups excluding carboxylic acids is 1. The fraction of sp³-hybridized carbons (Fsp3) is 0.412. The highest BCUT2D eigenvalue weighted by molar-refractivity contribution is 5.93. The van der Waals surface area contributed by atoms with Crippen molar-refractivity contribution in [2.75, 3.05) is 18.9 Å². The van der Waals surface area contributed by atoms with E-state index in [4.69, 9.17) is 0 Å². The quantitative estimate of drug-likeness (QED) is 0.892. The Morgan fingerprint density at radius 2 is 1.86 bits per heavy atom. The molecule has 1 aromatic heterocycles. The van der Waals surface area contributed by atoms with Gasteiger partial charge in [-0.05, 0) is 45.9 Å². The molecule has 118 valence electrons. The van der Waals surface area contributed by atoms with Crippen LogP contribution < -0.4 is 5.32 Å². The number of likely N-dealkylation sites (N-methyl/N-ethyl adjacent to an activating group) is 1. The molecule has 0 fully saturated rings. The number of aromatic nitrogens is 2. The zero-order valence-electron chi connectivity index (χ0n) is 13.9. The van der Waals surface area contributed by atoms with E-state index in [1.807, 2.05) is 57.8 Å². The Kier molecular flexibility index (Phi) is 4.98. The van der Waals surface area contributed by atoms with Crippen LogP contribution in [0.4, 0.5) is 5.69 Å². The van der Waals surface area contributed by atoms with Crippen molar-refractivity contribution >= 4 is 11.6 Å². The molecule has 5 heteroatoms. The van der Waals surface area contributed by atoms with Crippen LogP contribution in [0, 0.1) is 27.7 Å². The molecule has 2 aromatic rings. The summed E-state index contributed by atoms with van der Waals surface area (Å²) in [6.45, 7) is 8.92. The van der Waals surface area contributed by atoms with Crippen molar-refractivity contribution in [2.24, 2.45) is 0 Å². The molecule has 0 unspecified atom stereocenters. The number of hydrogen-bond donors (Lipinski definition) is 2. The molecule has 0 saturated carbocycles. The maximum absolute atomic E-state index is 12.2. The average Bonchev–Trinajstić information content (AvgIpc) is 2.72. The molecule has 1 amide bonds. The summed E-state index contributed by atoms with van der Waals surface area (Å²) in [5.41, 5.74) is 5.14. The SMILES string of the molecule is Cc1cccc(C)c1NC(=O)CN(C)Cc1nc(C)c(C)[nH]1. The van der Waals surface area contributed by atoms with Crippen LogP contribution in [-0.2, 0) is 11.3 Å². The van der Waals surface area contributed by atoms with Gasteiger partial charge in [0.2, 0.25) is 5.91 Å². The zero-order valence-corrected chi connectivity index (χ0v) is 13.9. The third-order valence-electron chi connectivity index (χ3n) is 3.76. The van der Waals surface area contributed by atoms with E-state index in [-0.39, 0.29) is 5.91 Å². The van der Waals surface area contributed by atoms with Gasteiger partial charge >= 0.3 is 0 Å². The van der Waals surface area contributed by atoms with Gasteiger partial charge in [-0.3, -0.25) is 9.69 Å². The van der Waals surface area contributed by atoms with Gasteiger partial charge in [-0.2, -0.15) is 0 Å². The molecule has 0 saturated heterocycles. The lowest BCUT2D eigenvalue weighted by Gasteiger charge is -2.16. The highest BCUT2D eigenvalue weighted by Crippen LogP contribution is 2.19. The Morgan fingerprint density at radius 3 is 2.41 bits per heavy atom. The first kappa shape index (κ1) is 16.2. The number of amides is 1. The van der Waals surface area contributed by atoms with Gasteiger partial charge in [-0.15, -0.1) is 0 Å². The molecular formula is C17H24N4O. The van der Waals surface area contributed by atoms with E-state index in [1.54, 1.807) is 0 Å². The molecule has 0 aliphatic carbocycles. The van der Waals surface area contributed by atoms with Gasteiger partial charge in [-0.1, -0.05) is 18.2 Å². The molecule has 2 N–H and O–H groups in total. The normalized spacial score (nSPS) is 11.0. The summed E-state index contributed by atoms with van der Waals surface area (Å²) in [5.74, 6) is 0.872. The molecule has 0 aliphatic heterocycles. The van der Waals surface area contributed by atoms with Gasteiger partial charge in [0, 0.05) is 11.4 Å². The highest BCUT2D eigenvalue weighted by atomic mass is 16.2. The van der Waals surface area contributed by atoms with Crippen molar-refractivity contribution in [1.82, 2.24) is 14.9 Å². The van der Waals surface area contributed by atoms with Gasteiger partial charge in [-0.25, -0.2) is 4.98 Å². The van der Waals surface area contributed by atoms with E-state index in [9.17, 15) is 4.79 Å². The maximum atomic E-state index is 12.2. The van der Waals surface area contributed by atoms with Crippen LogP contribution in [0.5, 0.6) is 0 Å². The van der Waals surface area contributed by atoms with Gasteiger partial charge in [0.05, 0.1) is 18.8 Å². The van der Waals surface area contributed by atoms with Gasteiger partial charge in [0.25, 0.3) is 0 Å². The Balaban J connectivity index is 1.94. The van der Waals surface area contributed by atoms with Crippen molar-refractivity contribution < 1.29 is 4.79 Å². The van der Waals surface area contributed by atoms with Crippen LogP contribution in [0.1, 0.15) is 28.3 Å². The molecule has 1 heterocycles. The van der Waals surface area contributed by atoms with Crippen molar-refractivity contribution in [3.63, 3.8) is 0 Å². The molecular weight excluding hydrogens is 276 g/mol. The lowest BCUT2D eigenvalue weighted by Crippen LogP contribution is -2.30. The number of rotatable bonds is 5. The predicted molar refractivity (Wildman–Crippen MR) is 88.9 cm³/mol. The number of benzene rings is 1. The first-order chi connectivity index (χ1) is 10.4. The van der Waals surface area contributed by atoms with E-state index in [1.165, 1.54) is 0 Å².